The SMILES string of the molecule is CCCCCNC(=O)C1CCC(C(=O)N(CC)CC)CC1. The smallest absolute Gasteiger partial charge is 0.225 e. The Morgan fingerprint density at radius 3 is 2.05 bits per heavy atom. The molecule has 0 atom stereocenters. The van der Waals surface area contributed by atoms with Gasteiger partial charge in [0, 0.05) is 31.5 Å². The topological polar surface area (TPSA) is 49.4 Å². The molecule has 1 rings (SSSR count). The molecular formula is C17H32N2O2. The van der Waals surface area contributed by atoms with E-state index in [9.17, 15) is 9.59 Å². The average Bonchev–Trinajstić information content (AvgIpc) is 2.52. The van der Waals surface area contributed by atoms with Gasteiger partial charge in [-0.25, -0.2) is 0 Å². The van der Waals surface area contributed by atoms with Gasteiger partial charge in [-0.05, 0) is 46.0 Å². The summed E-state index contributed by atoms with van der Waals surface area (Å²) in [6.07, 6.45) is 6.86. The maximum absolute atomic E-state index is 12.3. The van der Waals surface area contributed by atoms with Crippen LogP contribution in [0.15, 0.2) is 0 Å². The van der Waals surface area contributed by atoms with E-state index in [-0.39, 0.29) is 23.7 Å². The highest BCUT2D eigenvalue weighted by atomic mass is 16.2. The molecule has 0 aromatic heterocycles. The number of nitrogens with zero attached hydrogens (tertiary/aromatic N) is 1. The number of hydrogen-bond donors (Lipinski definition) is 1. The molecule has 0 unspecified atom stereocenters. The molecule has 0 aliphatic heterocycles. The van der Waals surface area contributed by atoms with Gasteiger partial charge in [0.25, 0.3) is 0 Å². The van der Waals surface area contributed by atoms with E-state index < -0.39 is 0 Å². The van der Waals surface area contributed by atoms with Gasteiger partial charge in [-0.2, -0.15) is 0 Å². The van der Waals surface area contributed by atoms with Crippen LogP contribution in [0.2, 0.25) is 0 Å². The van der Waals surface area contributed by atoms with Gasteiger partial charge < -0.3 is 10.2 Å². The minimum absolute atomic E-state index is 0.118. The third-order valence-corrected chi connectivity index (χ3v) is 4.60. The lowest BCUT2D eigenvalue weighted by Gasteiger charge is -2.30. The van der Waals surface area contributed by atoms with Crippen LogP contribution >= 0.6 is 0 Å². The highest BCUT2D eigenvalue weighted by molar-refractivity contribution is 5.81. The molecule has 0 aromatic rings. The second-order valence-electron chi connectivity index (χ2n) is 6.06. The Bertz CT molecular complexity index is 319. The summed E-state index contributed by atoms with van der Waals surface area (Å²) in [4.78, 5) is 26.3. The minimum Gasteiger partial charge on any atom is -0.356 e. The van der Waals surface area contributed by atoms with Gasteiger partial charge in [0.1, 0.15) is 0 Å². The van der Waals surface area contributed by atoms with Crippen LogP contribution in [0.1, 0.15) is 65.7 Å². The van der Waals surface area contributed by atoms with Crippen molar-refractivity contribution in [2.45, 2.75) is 65.7 Å². The highest BCUT2D eigenvalue weighted by Crippen LogP contribution is 2.30. The molecule has 122 valence electrons. The first-order valence-electron chi connectivity index (χ1n) is 8.70. The zero-order chi connectivity index (χ0) is 15.7. The van der Waals surface area contributed by atoms with Crippen molar-refractivity contribution >= 4 is 11.8 Å². The molecule has 1 aliphatic carbocycles. The van der Waals surface area contributed by atoms with E-state index in [0.29, 0.717) is 0 Å². The number of hydrogen-bond acceptors (Lipinski definition) is 2. The van der Waals surface area contributed by atoms with E-state index in [0.717, 1.165) is 51.7 Å². The molecule has 1 saturated carbocycles. The van der Waals surface area contributed by atoms with Crippen LogP contribution in [0.5, 0.6) is 0 Å². The molecule has 1 N–H and O–H groups in total. The Morgan fingerprint density at radius 2 is 1.52 bits per heavy atom. The number of unbranched alkanes of at least 4 members (excludes halogenated alkanes) is 2. The first-order chi connectivity index (χ1) is 10.1. The standard InChI is InChI=1S/C17H32N2O2/c1-4-7-8-13-18-16(20)14-9-11-15(12-10-14)17(21)19(5-2)6-3/h14-15H,4-13H2,1-3H3,(H,18,20). The number of carbonyl (C=O) groups is 2. The Hall–Kier alpha value is -1.06. The number of amides is 2. The van der Waals surface area contributed by atoms with Crippen LogP contribution in [-0.2, 0) is 9.59 Å². The van der Waals surface area contributed by atoms with Gasteiger partial charge >= 0.3 is 0 Å². The van der Waals surface area contributed by atoms with Crippen LogP contribution in [0.4, 0.5) is 0 Å². The van der Waals surface area contributed by atoms with Gasteiger partial charge in [-0.1, -0.05) is 19.8 Å². The number of nitrogens with one attached hydrogen (secondary N) is 1. The third-order valence-electron chi connectivity index (χ3n) is 4.60. The average molecular weight is 296 g/mol. The summed E-state index contributed by atoms with van der Waals surface area (Å²) in [6, 6.07) is 0. The monoisotopic (exact) mass is 296 g/mol. The molecule has 0 spiro atoms. The largest absolute Gasteiger partial charge is 0.356 e. The second kappa shape index (κ2) is 9.80. The summed E-state index contributed by atoms with van der Waals surface area (Å²) in [6.45, 7) is 8.58. The Balaban J connectivity index is 2.31. The van der Waals surface area contributed by atoms with Crippen molar-refractivity contribution in [3.8, 4) is 0 Å². The second-order valence-corrected chi connectivity index (χ2v) is 6.06. The van der Waals surface area contributed by atoms with Gasteiger partial charge in [0.2, 0.25) is 11.8 Å². The van der Waals surface area contributed by atoms with Crippen molar-refractivity contribution in [2.75, 3.05) is 19.6 Å². The van der Waals surface area contributed by atoms with E-state index in [1.165, 1.54) is 12.8 Å². The van der Waals surface area contributed by atoms with E-state index >= 15 is 0 Å². The molecule has 2 amide bonds. The first kappa shape index (κ1) is 18.0. The zero-order valence-corrected chi connectivity index (χ0v) is 14.0. The lowest BCUT2D eigenvalue weighted by atomic mass is 9.81. The number of carbonyl (C=O) groups excluding carboxylic acids is 2. The molecule has 4 heteroatoms. The van der Waals surface area contributed by atoms with E-state index in [4.69, 9.17) is 0 Å². The molecule has 0 saturated heterocycles. The Labute approximate surface area is 129 Å². The molecule has 1 aliphatic rings. The van der Waals surface area contributed by atoms with E-state index in [2.05, 4.69) is 12.2 Å². The summed E-state index contributed by atoms with van der Waals surface area (Å²) >= 11 is 0. The van der Waals surface area contributed by atoms with Gasteiger partial charge in [0.05, 0.1) is 0 Å². The van der Waals surface area contributed by atoms with Crippen molar-refractivity contribution in [1.29, 1.82) is 0 Å². The molecule has 4 nitrogen and oxygen atoms in total. The zero-order valence-electron chi connectivity index (χ0n) is 14.0. The quantitative estimate of drug-likeness (QED) is 0.700. The maximum Gasteiger partial charge on any atom is 0.225 e. The van der Waals surface area contributed by atoms with Crippen LogP contribution < -0.4 is 5.32 Å². The molecule has 0 aromatic carbocycles. The van der Waals surface area contributed by atoms with Crippen molar-refractivity contribution in [3.05, 3.63) is 0 Å². The minimum atomic E-state index is 0.118. The highest BCUT2D eigenvalue weighted by Gasteiger charge is 2.31. The molecule has 0 heterocycles. The van der Waals surface area contributed by atoms with Crippen LogP contribution in [0.25, 0.3) is 0 Å². The molecule has 21 heavy (non-hydrogen) atoms. The van der Waals surface area contributed by atoms with E-state index in [1.54, 1.807) is 0 Å². The molecule has 0 bridgehead atoms. The normalized spacial score (nSPS) is 21.9. The summed E-state index contributed by atoms with van der Waals surface area (Å²) in [5.74, 6) is 0.725. The predicted octanol–water partition coefficient (Wildman–Crippen LogP) is 2.97. The van der Waals surface area contributed by atoms with Crippen LogP contribution in [0.3, 0.4) is 0 Å². The molecular weight excluding hydrogens is 264 g/mol. The number of rotatable bonds is 8. The fraction of sp³-hybridized carbons (Fsp3) is 0.882. The Morgan fingerprint density at radius 1 is 0.952 bits per heavy atom. The fourth-order valence-electron chi connectivity index (χ4n) is 3.13. The first-order valence-corrected chi connectivity index (χ1v) is 8.70. The van der Waals surface area contributed by atoms with Crippen LogP contribution in [-0.4, -0.2) is 36.3 Å². The van der Waals surface area contributed by atoms with Crippen molar-refractivity contribution in [2.24, 2.45) is 11.8 Å². The van der Waals surface area contributed by atoms with Crippen molar-refractivity contribution in [3.63, 3.8) is 0 Å². The van der Waals surface area contributed by atoms with Gasteiger partial charge in [-0.3, -0.25) is 9.59 Å². The summed E-state index contributed by atoms with van der Waals surface area (Å²) in [5, 5.41) is 3.04. The summed E-state index contributed by atoms with van der Waals surface area (Å²) in [7, 11) is 0. The van der Waals surface area contributed by atoms with Gasteiger partial charge in [0.15, 0.2) is 0 Å². The van der Waals surface area contributed by atoms with Crippen molar-refractivity contribution < 1.29 is 9.59 Å². The predicted molar refractivity (Wildman–Crippen MR) is 85.9 cm³/mol. The summed E-state index contributed by atoms with van der Waals surface area (Å²) in [5.41, 5.74) is 0. The van der Waals surface area contributed by atoms with Crippen LogP contribution in [0, 0.1) is 11.8 Å². The summed E-state index contributed by atoms with van der Waals surface area (Å²) < 4.78 is 0. The fourth-order valence-corrected chi connectivity index (χ4v) is 3.13. The Kier molecular flexibility index (Phi) is 8.40. The van der Waals surface area contributed by atoms with Crippen molar-refractivity contribution in [1.82, 2.24) is 10.2 Å². The molecule has 0 radical (unpaired) electrons. The maximum atomic E-state index is 12.3. The third kappa shape index (κ3) is 5.68. The lowest BCUT2D eigenvalue weighted by molar-refractivity contribution is -0.138. The lowest BCUT2D eigenvalue weighted by Crippen LogP contribution is -2.39. The van der Waals surface area contributed by atoms with Gasteiger partial charge in [-0.15, -0.1) is 0 Å². The molecule has 1 fully saturated rings. The van der Waals surface area contributed by atoms with E-state index in [1.807, 2.05) is 18.7 Å².